The topological polar surface area (TPSA) is 67.8 Å². The highest BCUT2D eigenvalue weighted by atomic mass is 16.5. The number of aromatic nitrogens is 1. The van der Waals surface area contributed by atoms with E-state index in [9.17, 15) is 0 Å². The Hall–Kier alpha value is -1.82. The zero-order valence-electron chi connectivity index (χ0n) is 17.5. The van der Waals surface area contributed by atoms with Gasteiger partial charge in [0.25, 0.3) is 0 Å². The van der Waals surface area contributed by atoms with Gasteiger partial charge in [0.05, 0.1) is 6.54 Å². The van der Waals surface area contributed by atoms with Crippen LogP contribution in [0, 0.1) is 5.41 Å². The third-order valence-electron chi connectivity index (χ3n) is 6.03. The lowest BCUT2D eigenvalue weighted by atomic mass is 9.67. The van der Waals surface area contributed by atoms with Crippen molar-refractivity contribution in [1.29, 1.82) is 0 Å². The first-order valence-corrected chi connectivity index (χ1v) is 10.9. The first-order valence-electron chi connectivity index (χ1n) is 10.9. The summed E-state index contributed by atoms with van der Waals surface area (Å²) in [4.78, 5) is 9.15. The molecule has 6 heteroatoms. The van der Waals surface area contributed by atoms with Crippen LogP contribution in [0.5, 0.6) is 5.88 Å². The Kier molecular flexibility index (Phi) is 7.95. The zero-order chi connectivity index (χ0) is 19.7. The van der Waals surface area contributed by atoms with Crippen LogP contribution in [0.25, 0.3) is 0 Å². The monoisotopic (exact) mass is 388 g/mol. The number of aliphatic imine (C=N–C) groups is 1. The lowest BCUT2D eigenvalue weighted by Gasteiger charge is -2.42. The average molecular weight is 389 g/mol. The molecular formula is C22H36N4O2. The highest BCUT2D eigenvalue weighted by Gasteiger charge is 2.36. The first-order chi connectivity index (χ1) is 13.7. The molecule has 28 heavy (non-hydrogen) atoms. The smallest absolute Gasteiger partial charge is 0.213 e. The van der Waals surface area contributed by atoms with Crippen molar-refractivity contribution in [2.45, 2.75) is 70.9 Å². The summed E-state index contributed by atoms with van der Waals surface area (Å²) in [5.74, 6) is 1.60. The van der Waals surface area contributed by atoms with Gasteiger partial charge in [0.15, 0.2) is 5.96 Å². The van der Waals surface area contributed by atoms with Gasteiger partial charge in [-0.05, 0) is 68.9 Å². The van der Waals surface area contributed by atoms with Crippen LogP contribution >= 0.6 is 0 Å². The number of pyridine rings is 1. The fraction of sp³-hybridized carbons (Fsp3) is 0.727. The quantitative estimate of drug-likeness (QED) is 0.473. The SMILES string of the molecule is CCNC(=NCc1ccnc(OC2CCCC2)c1)NCC1(CCOC)CCC1. The minimum atomic E-state index is 0.330. The molecule has 0 spiro atoms. The van der Waals surface area contributed by atoms with Crippen molar-refractivity contribution in [1.82, 2.24) is 15.6 Å². The van der Waals surface area contributed by atoms with Gasteiger partial charge in [-0.25, -0.2) is 9.98 Å². The summed E-state index contributed by atoms with van der Waals surface area (Å²) in [6.45, 7) is 5.35. The molecule has 0 amide bonds. The molecule has 0 aliphatic heterocycles. The maximum atomic E-state index is 6.02. The summed E-state index contributed by atoms with van der Waals surface area (Å²) < 4.78 is 11.3. The van der Waals surface area contributed by atoms with Crippen molar-refractivity contribution in [3.63, 3.8) is 0 Å². The van der Waals surface area contributed by atoms with E-state index >= 15 is 0 Å². The van der Waals surface area contributed by atoms with Crippen LogP contribution in [0.1, 0.15) is 63.9 Å². The fourth-order valence-electron chi connectivity index (χ4n) is 4.08. The van der Waals surface area contributed by atoms with E-state index in [1.165, 1.54) is 32.1 Å². The average Bonchev–Trinajstić information content (AvgIpc) is 3.18. The van der Waals surface area contributed by atoms with Gasteiger partial charge >= 0.3 is 0 Å². The van der Waals surface area contributed by atoms with Gasteiger partial charge in [-0.3, -0.25) is 0 Å². The molecule has 2 N–H and O–H groups in total. The summed E-state index contributed by atoms with van der Waals surface area (Å²) in [7, 11) is 1.78. The van der Waals surface area contributed by atoms with E-state index in [-0.39, 0.29) is 0 Å². The van der Waals surface area contributed by atoms with E-state index < -0.39 is 0 Å². The summed E-state index contributed by atoms with van der Waals surface area (Å²) in [5, 5.41) is 6.92. The van der Waals surface area contributed by atoms with E-state index in [0.29, 0.717) is 18.1 Å². The summed E-state index contributed by atoms with van der Waals surface area (Å²) in [5.41, 5.74) is 1.49. The Morgan fingerprint density at radius 2 is 2.07 bits per heavy atom. The third kappa shape index (κ3) is 6.09. The molecule has 2 saturated carbocycles. The Labute approximate surface area is 169 Å². The Morgan fingerprint density at radius 1 is 1.25 bits per heavy atom. The maximum Gasteiger partial charge on any atom is 0.213 e. The van der Waals surface area contributed by atoms with Gasteiger partial charge in [0.2, 0.25) is 5.88 Å². The molecule has 1 aromatic rings. The largest absolute Gasteiger partial charge is 0.474 e. The molecule has 2 aliphatic carbocycles. The molecule has 1 aromatic heterocycles. The second kappa shape index (κ2) is 10.6. The van der Waals surface area contributed by atoms with Crippen molar-refractivity contribution < 1.29 is 9.47 Å². The number of hydrogen-bond acceptors (Lipinski definition) is 4. The minimum absolute atomic E-state index is 0.330. The lowest BCUT2D eigenvalue weighted by molar-refractivity contribution is 0.0732. The van der Waals surface area contributed by atoms with Crippen molar-refractivity contribution in [2.24, 2.45) is 10.4 Å². The van der Waals surface area contributed by atoms with E-state index in [1.54, 1.807) is 7.11 Å². The number of nitrogens with one attached hydrogen (secondary N) is 2. The highest BCUT2D eigenvalue weighted by Crippen LogP contribution is 2.43. The van der Waals surface area contributed by atoms with E-state index in [0.717, 1.165) is 56.4 Å². The third-order valence-corrected chi connectivity index (χ3v) is 6.03. The summed E-state index contributed by atoms with van der Waals surface area (Å²) in [6, 6.07) is 4.04. The van der Waals surface area contributed by atoms with Crippen LogP contribution in [-0.4, -0.2) is 43.9 Å². The van der Waals surface area contributed by atoms with Crippen molar-refractivity contribution in [2.75, 3.05) is 26.8 Å². The standard InChI is InChI=1S/C22H36N4O2/c1-3-23-21(26-17-22(10-6-11-22)12-14-27-2)25-16-18-9-13-24-20(15-18)28-19-7-4-5-8-19/h9,13,15,19H,3-8,10-12,14,16-17H2,1-2H3,(H2,23,25,26). The molecule has 2 aliphatic rings. The van der Waals surface area contributed by atoms with Crippen LogP contribution in [0.3, 0.4) is 0 Å². The van der Waals surface area contributed by atoms with Crippen LogP contribution < -0.4 is 15.4 Å². The number of rotatable bonds is 10. The second-order valence-electron chi connectivity index (χ2n) is 8.17. The minimum Gasteiger partial charge on any atom is -0.474 e. The lowest BCUT2D eigenvalue weighted by Crippen LogP contribution is -2.46. The van der Waals surface area contributed by atoms with Gasteiger partial charge in [-0.15, -0.1) is 0 Å². The molecule has 156 valence electrons. The van der Waals surface area contributed by atoms with Gasteiger partial charge in [-0.1, -0.05) is 6.42 Å². The predicted octanol–water partition coefficient (Wildman–Crippen LogP) is 3.66. The molecule has 3 rings (SSSR count). The number of methoxy groups -OCH3 is 1. The Morgan fingerprint density at radius 3 is 2.75 bits per heavy atom. The molecule has 0 bridgehead atoms. The van der Waals surface area contributed by atoms with Gasteiger partial charge < -0.3 is 20.1 Å². The van der Waals surface area contributed by atoms with E-state index in [4.69, 9.17) is 14.5 Å². The molecule has 0 aromatic carbocycles. The van der Waals surface area contributed by atoms with Crippen molar-refractivity contribution in [3.8, 4) is 5.88 Å². The molecular weight excluding hydrogens is 352 g/mol. The molecule has 2 fully saturated rings. The fourth-order valence-corrected chi connectivity index (χ4v) is 4.08. The summed E-state index contributed by atoms with van der Waals surface area (Å²) >= 11 is 0. The van der Waals surface area contributed by atoms with E-state index in [1.807, 2.05) is 18.3 Å². The maximum absolute atomic E-state index is 6.02. The normalized spacial score (nSPS) is 19.3. The van der Waals surface area contributed by atoms with Crippen molar-refractivity contribution in [3.05, 3.63) is 23.9 Å². The van der Waals surface area contributed by atoms with Crippen LogP contribution in [0.4, 0.5) is 0 Å². The number of guanidine groups is 1. The van der Waals surface area contributed by atoms with E-state index in [2.05, 4.69) is 22.5 Å². The predicted molar refractivity (Wildman–Crippen MR) is 113 cm³/mol. The number of ether oxygens (including phenoxy) is 2. The highest BCUT2D eigenvalue weighted by molar-refractivity contribution is 5.79. The molecule has 1 heterocycles. The molecule has 6 nitrogen and oxygen atoms in total. The zero-order valence-corrected chi connectivity index (χ0v) is 17.5. The van der Waals surface area contributed by atoms with Gasteiger partial charge in [0.1, 0.15) is 6.10 Å². The molecule has 0 radical (unpaired) electrons. The van der Waals surface area contributed by atoms with Crippen LogP contribution in [-0.2, 0) is 11.3 Å². The Balaban J connectivity index is 1.54. The van der Waals surface area contributed by atoms with Crippen molar-refractivity contribution >= 4 is 5.96 Å². The Bertz CT molecular complexity index is 625. The number of nitrogens with zero attached hydrogens (tertiary/aromatic N) is 2. The molecule has 0 unspecified atom stereocenters. The van der Waals surface area contributed by atoms with Gasteiger partial charge in [0, 0.05) is 39.1 Å². The molecule has 0 saturated heterocycles. The van der Waals surface area contributed by atoms with Crippen LogP contribution in [0.15, 0.2) is 23.3 Å². The van der Waals surface area contributed by atoms with Gasteiger partial charge in [-0.2, -0.15) is 0 Å². The molecule has 0 atom stereocenters. The van der Waals surface area contributed by atoms with Crippen LogP contribution in [0.2, 0.25) is 0 Å². The number of hydrogen-bond donors (Lipinski definition) is 2. The second-order valence-corrected chi connectivity index (χ2v) is 8.17. The first kappa shape index (κ1) is 20.9. The summed E-state index contributed by atoms with van der Waals surface area (Å²) in [6.07, 6.45) is 11.9.